The molecule has 0 radical (unpaired) electrons. The van der Waals surface area contributed by atoms with Crippen molar-refractivity contribution in [2.45, 2.75) is 0 Å². The molecule has 2 rings (SSSR count). The number of ether oxygens (including phenoxy) is 1. The smallest absolute Gasteiger partial charge is 0.337 e. The summed E-state index contributed by atoms with van der Waals surface area (Å²) in [4.78, 5) is 27.4. The van der Waals surface area contributed by atoms with Crippen LogP contribution in [0.2, 0.25) is 10.0 Å². The Hall–Kier alpha value is -2.11. The summed E-state index contributed by atoms with van der Waals surface area (Å²) in [5.74, 6) is -0.976. The molecule has 1 heterocycles. The topological polar surface area (TPSA) is 68.3 Å². The molecule has 0 saturated carbocycles. The van der Waals surface area contributed by atoms with Crippen molar-refractivity contribution in [3.63, 3.8) is 0 Å². The van der Waals surface area contributed by atoms with Crippen LogP contribution >= 0.6 is 23.2 Å². The van der Waals surface area contributed by atoms with Gasteiger partial charge in [0.15, 0.2) is 0 Å². The van der Waals surface area contributed by atoms with Crippen LogP contribution in [0.1, 0.15) is 20.7 Å². The predicted octanol–water partition coefficient (Wildman–Crippen LogP) is 3.43. The number of aromatic nitrogens is 1. The third-order valence-corrected chi connectivity index (χ3v) is 3.28. The summed E-state index contributed by atoms with van der Waals surface area (Å²) in [5.41, 5.74) is 0.821. The number of pyridine rings is 1. The summed E-state index contributed by atoms with van der Waals surface area (Å²) in [6.45, 7) is 0. The average molecular weight is 325 g/mol. The van der Waals surface area contributed by atoms with Crippen molar-refractivity contribution in [3.05, 3.63) is 57.8 Å². The first-order valence-electron chi connectivity index (χ1n) is 5.81. The van der Waals surface area contributed by atoms with Gasteiger partial charge in [-0.1, -0.05) is 23.2 Å². The zero-order chi connectivity index (χ0) is 15.4. The van der Waals surface area contributed by atoms with Crippen LogP contribution in [0.15, 0.2) is 36.7 Å². The summed E-state index contributed by atoms with van der Waals surface area (Å²) < 4.78 is 4.62. The minimum Gasteiger partial charge on any atom is -0.465 e. The van der Waals surface area contributed by atoms with E-state index < -0.39 is 11.9 Å². The highest BCUT2D eigenvalue weighted by molar-refractivity contribution is 6.36. The SMILES string of the molecule is COC(=O)c1ccc(Cl)c(NC(=O)c2ccncc2Cl)c1. The monoisotopic (exact) mass is 324 g/mol. The molecule has 0 aliphatic carbocycles. The molecule has 0 aliphatic heterocycles. The van der Waals surface area contributed by atoms with E-state index in [-0.39, 0.29) is 21.8 Å². The summed E-state index contributed by atoms with van der Waals surface area (Å²) in [7, 11) is 1.27. The normalized spacial score (nSPS) is 10.0. The van der Waals surface area contributed by atoms with Gasteiger partial charge in [-0.3, -0.25) is 9.78 Å². The van der Waals surface area contributed by atoms with Crippen molar-refractivity contribution in [3.8, 4) is 0 Å². The van der Waals surface area contributed by atoms with Gasteiger partial charge in [0.05, 0.1) is 34.0 Å². The zero-order valence-electron chi connectivity index (χ0n) is 10.9. The largest absolute Gasteiger partial charge is 0.465 e. The lowest BCUT2D eigenvalue weighted by molar-refractivity contribution is 0.0600. The van der Waals surface area contributed by atoms with E-state index in [1.165, 1.54) is 43.8 Å². The number of esters is 1. The highest BCUT2D eigenvalue weighted by atomic mass is 35.5. The number of carbonyl (C=O) groups is 2. The van der Waals surface area contributed by atoms with Crippen molar-refractivity contribution >= 4 is 40.8 Å². The van der Waals surface area contributed by atoms with Gasteiger partial charge in [0.1, 0.15) is 0 Å². The van der Waals surface area contributed by atoms with E-state index in [0.717, 1.165) is 0 Å². The maximum absolute atomic E-state index is 12.1. The van der Waals surface area contributed by atoms with Crippen LogP contribution in [0.3, 0.4) is 0 Å². The molecule has 7 heteroatoms. The molecule has 0 unspecified atom stereocenters. The first kappa shape index (κ1) is 15.3. The lowest BCUT2D eigenvalue weighted by Gasteiger charge is -2.09. The fourth-order valence-corrected chi connectivity index (χ4v) is 1.98. The Balaban J connectivity index is 2.29. The first-order valence-corrected chi connectivity index (χ1v) is 6.57. The van der Waals surface area contributed by atoms with E-state index >= 15 is 0 Å². The molecule has 0 bridgehead atoms. The van der Waals surface area contributed by atoms with E-state index in [1.54, 1.807) is 0 Å². The number of methoxy groups -OCH3 is 1. The van der Waals surface area contributed by atoms with Gasteiger partial charge in [0.25, 0.3) is 5.91 Å². The third-order valence-electron chi connectivity index (χ3n) is 2.65. The molecule has 1 amide bonds. The predicted molar refractivity (Wildman–Crippen MR) is 80.0 cm³/mol. The molecule has 108 valence electrons. The highest BCUT2D eigenvalue weighted by Gasteiger charge is 2.14. The van der Waals surface area contributed by atoms with Crippen LogP contribution in [0, 0.1) is 0 Å². The molecule has 1 N–H and O–H groups in total. The van der Waals surface area contributed by atoms with Gasteiger partial charge in [-0.15, -0.1) is 0 Å². The summed E-state index contributed by atoms with van der Waals surface area (Å²) in [6, 6.07) is 5.91. The number of nitrogens with zero attached hydrogens (tertiary/aromatic N) is 1. The third kappa shape index (κ3) is 3.51. The van der Waals surface area contributed by atoms with Crippen molar-refractivity contribution in [2.75, 3.05) is 12.4 Å². The Kier molecular flexibility index (Phi) is 4.77. The molecule has 0 saturated heterocycles. The molecule has 1 aromatic carbocycles. The quantitative estimate of drug-likeness (QED) is 0.878. The van der Waals surface area contributed by atoms with Gasteiger partial charge in [-0.05, 0) is 24.3 Å². The highest BCUT2D eigenvalue weighted by Crippen LogP contribution is 2.25. The minimum atomic E-state index is -0.524. The molecule has 0 atom stereocenters. The maximum Gasteiger partial charge on any atom is 0.337 e. The van der Waals surface area contributed by atoms with Gasteiger partial charge in [0.2, 0.25) is 0 Å². The average Bonchev–Trinajstić information content (AvgIpc) is 2.49. The van der Waals surface area contributed by atoms with Gasteiger partial charge in [-0.2, -0.15) is 0 Å². The number of hydrogen-bond acceptors (Lipinski definition) is 4. The van der Waals surface area contributed by atoms with Gasteiger partial charge in [-0.25, -0.2) is 4.79 Å². The molecule has 1 aromatic heterocycles. The lowest BCUT2D eigenvalue weighted by Crippen LogP contribution is -2.13. The van der Waals surface area contributed by atoms with Crippen molar-refractivity contribution in [1.82, 2.24) is 4.98 Å². The van der Waals surface area contributed by atoms with Gasteiger partial charge >= 0.3 is 5.97 Å². The first-order chi connectivity index (χ1) is 10.0. The fraction of sp³-hybridized carbons (Fsp3) is 0.0714. The Morgan fingerprint density at radius 2 is 1.95 bits per heavy atom. The second-order valence-corrected chi connectivity index (χ2v) is 4.81. The second kappa shape index (κ2) is 6.56. The Morgan fingerprint density at radius 3 is 2.62 bits per heavy atom. The van der Waals surface area contributed by atoms with Crippen molar-refractivity contribution in [2.24, 2.45) is 0 Å². The molecule has 2 aromatic rings. The van der Waals surface area contributed by atoms with E-state index in [1.807, 2.05) is 0 Å². The van der Waals surface area contributed by atoms with E-state index in [0.29, 0.717) is 5.02 Å². The molecular formula is C14H10Cl2N2O3. The zero-order valence-corrected chi connectivity index (χ0v) is 12.4. The minimum absolute atomic E-state index is 0.218. The number of halogens is 2. The summed E-state index contributed by atoms with van der Waals surface area (Å²) in [6.07, 6.45) is 2.82. The molecule has 21 heavy (non-hydrogen) atoms. The van der Waals surface area contributed by atoms with Crippen LogP contribution in [0.5, 0.6) is 0 Å². The molecule has 5 nitrogen and oxygen atoms in total. The van der Waals surface area contributed by atoms with E-state index in [4.69, 9.17) is 23.2 Å². The molecule has 0 fully saturated rings. The number of anilines is 1. The van der Waals surface area contributed by atoms with Gasteiger partial charge in [0, 0.05) is 12.4 Å². The summed E-state index contributed by atoms with van der Waals surface area (Å²) >= 11 is 11.9. The fourth-order valence-electron chi connectivity index (χ4n) is 1.61. The number of rotatable bonds is 3. The Labute approximate surface area is 130 Å². The van der Waals surface area contributed by atoms with Crippen LogP contribution < -0.4 is 5.32 Å². The van der Waals surface area contributed by atoms with Crippen LogP contribution in [0.4, 0.5) is 5.69 Å². The van der Waals surface area contributed by atoms with Crippen molar-refractivity contribution in [1.29, 1.82) is 0 Å². The number of amides is 1. The van der Waals surface area contributed by atoms with E-state index in [2.05, 4.69) is 15.0 Å². The van der Waals surface area contributed by atoms with Crippen LogP contribution in [0.25, 0.3) is 0 Å². The number of benzene rings is 1. The maximum atomic E-state index is 12.1. The Bertz CT molecular complexity index is 704. The number of hydrogen-bond donors (Lipinski definition) is 1. The second-order valence-electron chi connectivity index (χ2n) is 4.00. The van der Waals surface area contributed by atoms with Crippen molar-refractivity contribution < 1.29 is 14.3 Å². The molecule has 0 spiro atoms. The van der Waals surface area contributed by atoms with Crippen LogP contribution in [-0.2, 0) is 4.74 Å². The standard InChI is InChI=1S/C14H10Cl2N2O3/c1-21-14(20)8-2-3-10(15)12(6-8)18-13(19)9-4-5-17-7-11(9)16/h2-7H,1H3,(H,18,19). The number of nitrogens with one attached hydrogen (secondary N) is 1. The molecular weight excluding hydrogens is 315 g/mol. The van der Waals surface area contributed by atoms with E-state index in [9.17, 15) is 9.59 Å². The molecule has 0 aliphatic rings. The lowest BCUT2D eigenvalue weighted by atomic mass is 10.2. The number of carbonyl (C=O) groups excluding carboxylic acids is 2. The van der Waals surface area contributed by atoms with Crippen LogP contribution in [-0.4, -0.2) is 24.0 Å². The Morgan fingerprint density at radius 1 is 1.19 bits per heavy atom. The summed E-state index contributed by atoms with van der Waals surface area (Å²) in [5, 5.41) is 3.11. The van der Waals surface area contributed by atoms with Gasteiger partial charge < -0.3 is 10.1 Å².